The van der Waals surface area contributed by atoms with Gasteiger partial charge in [-0.25, -0.2) is 4.39 Å². The number of aliphatic hydroxyl groups excluding tert-OH is 1. The summed E-state index contributed by atoms with van der Waals surface area (Å²) in [6, 6.07) is 5.96. The van der Waals surface area contributed by atoms with Gasteiger partial charge >= 0.3 is 0 Å². The third kappa shape index (κ3) is 3.66. The third-order valence-corrected chi connectivity index (χ3v) is 5.16. The zero-order valence-corrected chi connectivity index (χ0v) is 13.8. The first-order valence-corrected chi connectivity index (χ1v) is 8.59. The number of hydrogen-bond acceptors (Lipinski definition) is 2. The van der Waals surface area contributed by atoms with Gasteiger partial charge in [-0.3, -0.25) is 4.99 Å². The highest BCUT2D eigenvalue weighted by molar-refractivity contribution is 5.80. The van der Waals surface area contributed by atoms with Gasteiger partial charge in [-0.2, -0.15) is 0 Å². The fourth-order valence-electron chi connectivity index (χ4n) is 3.59. The molecule has 23 heavy (non-hydrogen) atoms. The molecule has 1 aliphatic heterocycles. The molecule has 0 bridgehead atoms. The number of hydrogen-bond donors (Lipinski definition) is 2. The van der Waals surface area contributed by atoms with Crippen LogP contribution in [0, 0.1) is 11.2 Å². The van der Waals surface area contributed by atoms with E-state index in [1.807, 2.05) is 0 Å². The van der Waals surface area contributed by atoms with Gasteiger partial charge in [-0.15, -0.1) is 0 Å². The Morgan fingerprint density at radius 3 is 2.65 bits per heavy atom. The molecule has 1 spiro atoms. The Kier molecular flexibility index (Phi) is 4.85. The summed E-state index contributed by atoms with van der Waals surface area (Å²) in [6.07, 6.45) is 4.56. The molecule has 0 radical (unpaired) electrons. The molecule has 1 heterocycles. The van der Waals surface area contributed by atoms with Gasteiger partial charge in [-0.1, -0.05) is 18.6 Å². The summed E-state index contributed by atoms with van der Waals surface area (Å²) in [6.45, 7) is 5.28. The lowest BCUT2D eigenvalue weighted by atomic mass is 9.68. The zero-order chi connectivity index (χ0) is 16.3. The Balaban J connectivity index is 1.63. The van der Waals surface area contributed by atoms with E-state index in [0.717, 1.165) is 25.6 Å². The number of halogens is 1. The number of guanidine groups is 1. The van der Waals surface area contributed by atoms with E-state index >= 15 is 0 Å². The van der Waals surface area contributed by atoms with Crippen molar-refractivity contribution in [1.29, 1.82) is 0 Å². The monoisotopic (exact) mass is 319 g/mol. The zero-order valence-electron chi connectivity index (χ0n) is 13.8. The lowest BCUT2D eigenvalue weighted by Gasteiger charge is -2.38. The van der Waals surface area contributed by atoms with Crippen molar-refractivity contribution in [2.45, 2.75) is 38.7 Å². The summed E-state index contributed by atoms with van der Waals surface area (Å²) < 4.78 is 13.0. The van der Waals surface area contributed by atoms with Gasteiger partial charge < -0.3 is 15.3 Å². The van der Waals surface area contributed by atoms with E-state index < -0.39 is 6.10 Å². The van der Waals surface area contributed by atoms with Crippen LogP contribution in [0.15, 0.2) is 29.3 Å². The van der Waals surface area contributed by atoms with Crippen molar-refractivity contribution >= 4 is 5.96 Å². The molecule has 2 fully saturated rings. The summed E-state index contributed by atoms with van der Waals surface area (Å²) in [5, 5.41) is 13.6. The maximum absolute atomic E-state index is 13.0. The normalized spacial score (nSPS) is 21.3. The number of aliphatic imine (C=N–C) groups is 1. The maximum atomic E-state index is 13.0. The molecule has 3 rings (SSSR count). The molecule has 1 unspecified atom stereocenters. The van der Waals surface area contributed by atoms with Crippen LogP contribution in [0.3, 0.4) is 0 Å². The number of nitrogens with zero attached hydrogens (tertiary/aromatic N) is 2. The van der Waals surface area contributed by atoms with Crippen molar-refractivity contribution < 1.29 is 9.50 Å². The van der Waals surface area contributed by atoms with Crippen LogP contribution in [0.2, 0.25) is 0 Å². The van der Waals surface area contributed by atoms with Crippen LogP contribution in [0.5, 0.6) is 0 Å². The largest absolute Gasteiger partial charge is 0.386 e. The first kappa shape index (κ1) is 16.2. The molecule has 1 saturated carbocycles. The van der Waals surface area contributed by atoms with Gasteiger partial charge in [-0.05, 0) is 49.3 Å². The van der Waals surface area contributed by atoms with Crippen molar-refractivity contribution in [1.82, 2.24) is 10.2 Å². The first-order valence-electron chi connectivity index (χ1n) is 8.59. The minimum absolute atomic E-state index is 0.289. The van der Waals surface area contributed by atoms with Crippen LogP contribution in [0.25, 0.3) is 0 Å². The Morgan fingerprint density at radius 1 is 1.35 bits per heavy atom. The van der Waals surface area contributed by atoms with E-state index in [2.05, 4.69) is 22.1 Å². The highest BCUT2D eigenvalue weighted by Gasteiger charge is 2.43. The average molecular weight is 319 g/mol. The highest BCUT2D eigenvalue weighted by atomic mass is 19.1. The number of likely N-dealkylation sites (tertiary alicyclic amines) is 1. The summed E-state index contributed by atoms with van der Waals surface area (Å²) in [5.41, 5.74) is 1.22. The van der Waals surface area contributed by atoms with Crippen LogP contribution < -0.4 is 5.32 Å². The topological polar surface area (TPSA) is 47.9 Å². The molecular formula is C18H26FN3O. The number of benzene rings is 1. The summed E-state index contributed by atoms with van der Waals surface area (Å²) in [5.74, 6) is 0.595. The van der Waals surface area contributed by atoms with Gasteiger partial charge in [0.2, 0.25) is 0 Å². The molecule has 1 aliphatic carbocycles. The fourth-order valence-corrected chi connectivity index (χ4v) is 3.59. The minimum Gasteiger partial charge on any atom is -0.386 e. The van der Waals surface area contributed by atoms with Crippen molar-refractivity contribution in [2.75, 3.05) is 26.2 Å². The van der Waals surface area contributed by atoms with Crippen LogP contribution >= 0.6 is 0 Å². The van der Waals surface area contributed by atoms with E-state index in [9.17, 15) is 9.50 Å². The lowest BCUT2D eigenvalue weighted by molar-refractivity contribution is 0.151. The second-order valence-electron chi connectivity index (χ2n) is 6.79. The van der Waals surface area contributed by atoms with E-state index in [1.54, 1.807) is 12.1 Å². The van der Waals surface area contributed by atoms with E-state index in [-0.39, 0.29) is 12.4 Å². The standard InChI is InChI=1S/C18H26FN3O/c1-2-20-17(22-11-10-18(13-22)8-3-9-18)21-12-16(23)14-4-6-15(19)7-5-14/h4-7,16,23H,2-3,8-13H2,1H3,(H,20,21). The van der Waals surface area contributed by atoms with Gasteiger partial charge in [0.15, 0.2) is 5.96 Å². The van der Waals surface area contributed by atoms with E-state index in [0.29, 0.717) is 11.0 Å². The molecule has 1 aromatic rings. The van der Waals surface area contributed by atoms with E-state index in [1.165, 1.54) is 37.8 Å². The molecule has 126 valence electrons. The molecule has 0 amide bonds. The molecule has 1 saturated heterocycles. The smallest absolute Gasteiger partial charge is 0.194 e. The summed E-state index contributed by atoms with van der Waals surface area (Å²) in [4.78, 5) is 6.93. The van der Waals surface area contributed by atoms with Crippen molar-refractivity contribution in [3.63, 3.8) is 0 Å². The molecule has 2 N–H and O–H groups in total. The molecule has 4 nitrogen and oxygen atoms in total. The Hall–Kier alpha value is -1.62. The summed E-state index contributed by atoms with van der Waals surface area (Å²) in [7, 11) is 0. The Labute approximate surface area is 137 Å². The van der Waals surface area contributed by atoms with Gasteiger partial charge in [0.1, 0.15) is 5.82 Å². The average Bonchev–Trinajstić information content (AvgIpc) is 2.97. The minimum atomic E-state index is -0.704. The maximum Gasteiger partial charge on any atom is 0.194 e. The predicted molar refractivity (Wildman–Crippen MR) is 89.8 cm³/mol. The quantitative estimate of drug-likeness (QED) is 0.663. The number of aliphatic hydroxyl groups is 1. The molecular weight excluding hydrogens is 293 g/mol. The van der Waals surface area contributed by atoms with Crippen LogP contribution in [-0.4, -0.2) is 42.1 Å². The highest BCUT2D eigenvalue weighted by Crippen LogP contribution is 2.47. The second kappa shape index (κ2) is 6.87. The lowest BCUT2D eigenvalue weighted by Crippen LogP contribution is -2.42. The van der Waals surface area contributed by atoms with Crippen LogP contribution in [0.1, 0.15) is 44.3 Å². The predicted octanol–water partition coefficient (Wildman–Crippen LogP) is 2.70. The van der Waals surface area contributed by atoms with Crippen molar-refractivity contribution in [3.8, 4) is 0 Å². The molecule has 1 atom stereocenters. The number of rotatable bonds is 4. The van der Waals surface area contributed by atoms with E-state index in [4.69, 9.17) is 0 Å². The summed E-state index contributed by atoms with van der Waals surface area (Å²) >= 11 is 0. The van der Waals surface area contributed by atoms with Gasteiger partial charge in [0, 0.05) is 19.6 Å². The van der Waals surface area contributed by atoms with Crippen molar-refractivity contribution in [3.05, 3.63) is 35.6 Å². The van der Waals surface area contributed by atoms with Crippen LogP contribution in [0.4, 0.5) is 4.39 Å². The second-order valence-corrected chi connectivity index (χ2v) is 6.79. The molecule has 5 heteroatoms. The molecule has 2 aliphatic rings. The molecule has 1 aromatic carbocycles. The van der Waals surface area contributed by atoms with Gasteiger partial charge in [0.05, 0.1) is 12.6 Å². The Morgan fingerprint density at radius 2 is 2.09 bits per heavy atom. The van der Waals surface area contributed by atoms with Crippen molar-refractivity contribution in [2.24, 2.45) is 10.4 Å². The fraction of sp³-hybridized carbons (Fsp3) is 0.611. The third-order valence-electron chi connectivity index (χ3n) is 5.16. The molecule has 0 aromatic heterocycles. The SMILES string of the molecule is CCNC(=NCC(O)c1ccc(F)cc1)N1CCC2(CCC2)C1. The van der Waals surface area contributed by atoms with Gasteiger partial charge in [0.25, 0.3) is 0 Å². The Bertz CT molecular complexity index is 554. The first-order chi connectivity index (χ1) is 11.1. The number of nitrogens with one attached hydrogen (secondary N) is 1. The van der Waals surface area contributed by atoms with Crippen LogP contribution in [-0.2, 0) is 0 Å².